The minimum absolute atomic E-state index is 0.0813. The molecular formula is C12H19NO3S. The van der Waals surface area contributed by atoms with E-state index in [1.807, 2.05) is 25.3 Å². The van der Waals surface area contributed by atoms with Gasteiger partial charge in [-0.2, -0.15) is 11.8 Å². The van der Waals surface area contributed by atoms with Crippen LogP contribution >= 0.6 is 11.8 Å². The number of hydrogen-bond donors (Lipinski definition) is 2. The van der Waals surface area contributed by atoms with Gasteiger partial charge in [-0.3, -0.25) is 9.59 Å². The number of carboxylic acid groups (broad SMARTS) is 1. The molecular weight excluding hydrogens is 238 g/mol. The zero-order valence-corrected chi connectivity index (χ0v) is 11.0. The number of thioether (sulfide) groups is 1. The van der Waals surface area contributed by atoms with Crippen molar-refractivity contribution in [2.75, 3.05) is 12.0 Å². The van der Waals surface area contributed by atoms with Gasteiger partial charge in [0.1, 0.15) is 0 Å². The maximum absolute atomic E-state index is 12.0. The van der Waals surface area contributed by atoms with Crippen molar-refractivity contribution in [3.05, 3.63) is 12.2 Å². The van der Waals surface area contributed by atoms with Gasteiger partial charge in [-0.05, 0) is 26.0 Å². The van der Waals surface area contributed by atoms with Gasteiger partial charge in [0.05, 0.1) is 11.8 Å². The Kier molecular flexibility index (Phi) is 5.55. The zero-order chi connectivity index (χ0) is 12.8. The second-order valence-corrected chi connectivity index (χ2v) is 5.27. The van der Waals surface area contributed by atoms with E-state index in [0.29, 0.717) is 12.8 Å². The molecule has 1 amide bonds. The largest absolute Gasteiger partial charge is 0.481 e. The molecule has 0 aromatic heterocycles. The number of hydrogen-bond acceptors (Lipinski definition) is 3. The quantitative estimate of drug-likeness (QED) is 0.733. The maximum atomic E-state index is 12.0. The number of aliphatic carboxylic acids is 1. The monoisotopic (exact) mass is 257 g/mol. The van der Waals surface area contributed by atoms with Crippen molar-refractivity contribution in [1.29, 1.82) is 0 Å². The number of nitrogens with one attached hydrogen (secondary N) is 1. The normalized spacial score (nSPS) is 25.3. The number of carboxylic acids is 1. The van der Waals surface area contributed by atoms with Crippen LogP contribution in [0.3, 0.4) is 0 Å². The van der Waals surface area contributed by atoms with Crippen LogP contribution in [-0.2, 0) is 9.59 Å². The number of carbonyl (C=O) groups excluding carboxylic acids is 1. The highest BCUT2D eigenvalue weighted by Crippen LogP contribution is 2.26. The van der Waals surface area contributed by atoms with E-state index in [1.165, 1.54) is 0 Å². The summed E-state index contributed by atoms with van der Waals surface area (Å²) < 4.78 is 0. The van der Waals surface area contributed by atoms with Gasteiger partial charge >= 0.3 is 5.97 Å². The Hall–Kier alpha value is -0.970. The van der Waals surface area contributed by atoms with Crippen molar-refractivity contribution in [3.8, 4) is 0 Å². The summed E-state index contributed by atoms with van der Waals surface area (Å²) in [6, 6.07) is 0.0813. The first-order valence-electron chi connectivity index (χ1n) is 5.73. The molecule has 0 spiro atoms. The van der Waals surface area contributed by atoms with Gasteiger partial charge in [-0.25, -0.2) is 0 Å². The van der Waals surface area contributed by atoms with Gasteiger partial charge in [0, 0.05) is 11.8 Å². The maximum Gasteiger partial charge on any atom is 0.307 e. The summed E-state index contributed by atoms with van der Waals surface area (Å²) in [6.45, 7) is 1.93. The zero-order valence-electron chi connectivity index (χ0n) is 10.2. The molecule has 0 heterocycles. The molecule has 96 valence electrons. The molecule has 1 aliphatic carbocycles. The first kappa shape index (κ1) is 14.1. The van der Waals surface area contributed by atoms with E-state index in [2.05, 4.69) is 5.32 Å². The van der Waals surface area contributed by atoms with Crippen LogP contribution in [0.5, 0.6) is 0 Å². The average molecular weight is 257 g/mol. The summed E-state index contributed by atoms with van der Waals surface area (Å²) in [5.41, 5.74) is 0. The summed E-state index contributed by atoms with van der Waals surface area (Å²) in [6.07, 6.45) is 6.68. The molecule has 1 rings (SSSR count). The van der Waals surface area contributed by atoms with Crippen LogP contribution in [0.2, 0.25) is 0 Å². The first-order chi connectivity index (χ1) is 8.06. The Morgan fingerprint density at radius 3 is 2.53 bits per heavy atom. The highest BCUT2D eigenvalue weighted by molar-refractivity contribution is 7.98. The summed E-state index contributed by atoms with van der Waals surface area (Å²) in [5.74, 6) is -1.19. The van der Waals surface area contributed by atoms with Gasteiger partial charge < -0.3 is 10.4 Å². The summed E-state index contributed by atoms with van der Waals surface area (Å²) in [7, 11) is 0. The van der Waals surface area contributed by atoms with Crippen LogP contribution in [0.4, 0.5) is 0 Å². The topological polar surface area (TPSA) is 66.4 Å². The summed E-state index contributed by atoms with van der Waals surface area (Å²) >= 11 is 1.66. The SMILES string of the molecule is CSCC(C)NC(=O)C1CC=CCC1C(=O)O. The third-order valence-corrected chi connectivity index (χ3v) is 3.73. The number of allylic oxidation sites excluding steroid dienone is 2. The van der Waals surface area contributed by atoms with Gasteiger partial charge in [0.25, 0.3) is 0 Å². The van der Waals surface area contributed by atoms with Crippen molar-refractivity contribution >= 4 is 23.6 Å². The van der Waals surface area contributed by atoms with E-state index < -0.39 is 17.8 Å². The Bertz CT molecular complexity index is 317. The molecule has 0 saturated heterocycles. The molecule has 0 radical (unpaired) electrons. The Balaban J connectivity index is 2.60. The summed E-state index contributed by atoms with van der Waals surface area (Å²) in [4.78, 5) is 23.0. The fourth-order valence-electron chi connectivity index (χ4n) is 2.02. The van der Waals surface area contributed by atoms with E-state index in [9.17, 15) is 9.59 Å². The van der Waals surface area contributed by atoms with Crippen LogP contribution in [0, 0.1) is 11.8 Å². The third-order valence-electron chi connectivity index (χ3n) is 2.89. The molecule has 3 unspecified atom stereocenters. The van der Waals surface area contributed by atoms with Crippen molar-refractivity contribution in [1.82, 2.24) is 5.32 Å². The van der Waals surface area contributed by atoms with Gasteiger partial charge in [-0.15, -0.1) is 0 Å². The van der Waals surface area contributed by atoms with Crippen LogP contribution in [0.25, 0.3) is 0 Å². The molecule has 0 aromatic rings. The van der Waals surface area contributed by atoms with Crippen molar-refractivity contribution in [3.63, 3.8) is 0 Å². The van der Waals surface area contributed by atoms with Crippen LogP contribution in [-0.4, -0.2) is 35.0 Å². The van der Waals surface area contributed by atoms with Gasteiger partial charge in [0.2, 0.25) is 5.91 Å². The second-order valence-electron chi connectivity index (χ2n) is 4.36. The molecule has 17 heavy (non-hydrogen) atoms. The van der Waals surface area contributed by atoms with E-state index >= 15 is 0 Å². The predicted octanol–water partition coefficient (Wildman–Crippen LogP) is 1.52. The van der Waals surface area contributed by atoms with Crippen LogP contribution in [0.1, 0.15) is 19.8 Å². The molecule has 0 aromatic carbocycles. The fraction of sp³-hybridized carbons (Fsp3) is 0.667. The Labute approximate surface area is 106 Å². The van der Waals surface area contributed by atoms with E-state index in [0.717, 1.165) is 5.75 Å². The van der Waals surface area contributed by atoms with E-state index in [1.54, 1.807) is 11.8 Å². The smallest absolute Gasteiger partial charge is 0.307 e. The molecule has 0 bridgehead atoms. The summed E-state index contributed by atoms with van der Waals surface area (Å²) in [5, 5.41) is 12.0. The number of amides is 1. The van der Waals surface area contributed by atoms with Gasteiger partial charge in [0.15, 0.2) is 0 Å². The lowest BCUT2D eigenvalue weighted by molar-refractivity contribution is -0.147. The highest BCUT2D eigenvalue weighted by atomic mass is 32.2. The predicted molar refractivity (Wildman–Crippen MR) is 69.0 cm³/mol. The van der Waals surface area contributed by atoms with Crippen molar-refractivity contribution in [2.45, 2.75) is 25.8 Å². The molecule has 0 fully saturated rings. The Morgan fingerprint density at radius 2 is 2.00 bits per heavy atom. The highest BCUT2D eigenvalue weighted by Gasteiger charge is 2.34. The molecule has 0 aliphatic heterocycles. The molecule has 0 saturated carbocycles. The Morgan fingerprint density at radius 1 is 1.41 bits per heavy atom. The van der Waals surface area contributed by atoms with Crippen molar-refractivity contribution in [2.24, 2.45) is 11.8 Å². The average Bonchev–Trinajstić information content (AvgIpc) is 2.29. The van der Waals surface area contributed by atoms with Crippen LogP contribution in [0.15, 0.2) is 12.2 Å². The number of carbonyl (C=O) groups is 2. The fourth-order valence-corrected chi connectivity index (χ4v) is 2.60. The van der Waals surface area contributed by atoms with Crippen molar-refractivity contribution < 1.29 is 14.7 Å². The third kappa shape index (κ3) is 4.07. The van der Waals surface area contributed by atoms with E-state index in [-0.39, 0.29) is 11.9 Å². The molecule has 2 N–H and O–H groups in total. The minimum Gasteiger partial charge on any atom is -0.481 e. The van der Waals surface area contributed by atoms with E-state index in [4.69, 9.17) is 5.11 Å². The van der Waals surface area contributed by atoms with Crippen LogP contribution < -0.4 is 5.32 Å². The van der Waals surface area contributed by atoms with Gasteiger partial charge in [-0.1, -0.05) is 12.2 Å². The lowest BCUT2D eigenvalue weighted by Gasteiger charge is -2.25. The number of rotatable bonds is 5. The molecule has 3 atom stereocenters. The minimum atomic E-state index is -0.882. The molecule has 1 aliphatic rings. The lowest BCUT2D eigenvalue weighted by Crippen LogP contribution is -2.43. The second kappa shape index (κ2) is 6.69. The standard InChI is InChI=1S/C12H19NO3S/c1-8(7-17-2)13-11(14)9-5-3-4-6-10(9)12(15)16/h3-4,8-10H,5-7H2,1-2H3,(H,13,14)(H,15,16). The first-order valence-corrected chi connectivity index (χ1v) is 7.12. The lowest BCUT2D eigenvalue weighted by atomic mass is 9.82. The molecule has 4 nitrogen and oxygen atoms in total. The molecule has 5 heteroatoms.